The number of aromatic nitrogens is 3. The predicted octanol–water partition coefficient (Wildman–Crippen LogP) is 2.85. The molecule has 334 valence electrons. The molecular weight excluding hydrogens is 935 g/mol. The summed E-state index contributed by atoms with van der Waals surface area (Å²) in [7, 11) is -33.3. The number of para-hydroxylation sites is 1. The van der Waals surface area contributed by atoms with E-state index in [1.807, 2.05) is 18.2 Å². The Labute approximate surface area is 313 Å². The van der Waals surface area contributed by atoms with Gasteiger partial charge in [-0.3, -0.25) is 58.7 Å². The van der Waals surface area contributed by atoms with Crippen LogP contribution in [0, 0.1) is 0 Å². The van der Waals surface area contributed by atoms with Gasteiger partial charge in [0.1, 0.15) is 0 Å². The second-order valence-electron chi connectivity index (χ2n) is 10.5. The molecule has 5 rings (SSSR count). The molecule has 3 saturated heterocycles. The third kappa shape index (κ3) is 36.3. The van der Waals surface area contributed by atoms with Crippen molar-refractivity contribution in [1.82, 2.24) is 29.2 Å². The van der Waals surface area contributed by atoms with E-state index in [-0.39, 0.29) is 0 Å². The van der Waals surface area contributed by atoms with Gasteiger partial charge in [0.05, 0.1) is 0 Å². The van der Waals surface area contributed by atoms with E-state index in [0.29, 0.717) is 0 Å². The fourth-order valence-corrected chi connectivity index (χ4v) is 9.44. The van der Waals surface area contributed by atoms with Crippen molar-refractivity contribution < 1.29 is 116 Å². The molecule has 25 nitrogen and oxygen atoms in total. The Hall–Kier alpha value is -0.790. The Bertz CT molecular complexity index is 1480. The van der Waals surface area contributed by atoms with E-state index in [0.717, 1.165) is 50.3 Å². The Morgan fingerprint density at radius 1 is 0.482 bits per heavy atom. The first-order valence-corrected chi connectivity index (χ1v) is 25.4. The van der Waals surface area contributed by atoms with E-state index >= 15 is 0 Å². The van der Waals surface area contributed by atoms with Gasteiger partial charge in [0, 0.05) is 0 Å². The number of rotatable bonds is 5. The van der Waals surface area contributed by atoms with Gasteiger partial charge in [-0.05, 0) is 0 Å². The van der Waals surface area contributed by atoms with Gasteiger partial charge in [0.25, 0.3) is 0 Å². The van der Waals surface area contributed by atoms with Crippen LogP contribution in [0.3, 0.4) is 0 Å². The molecule has 0 aliphatic carbocycles. The zero-order valence-electron chi connectivity index (χ0n) is 28.2. The van der Waals surface area contributed by atoms with Gasteiger partial charge >= 0.3 is 202 Å². The Balaban J connectivity index is 0. The standard InChI is InChI=1S/C18H29N6OP.6FH2O3P/c1-2-10-18-17(9-1)19-20-24(18)25-26(21-11-3-4-12-21,22-13-5-6-14-22)23-15-7-8-16-23;6*1-5(2,3)4/h1-2,9-10,26H,3-8,11-16H2;6*(H2,2,3,4). The number of halogens is 6. The Morgan fingerprint density at radius 2 is 0.714 bits per heavy atom. The fraction of sp³-hybridized carbons (Fsp3) is 0.667. The number of hydrogen-bond acceptors (Lipinski definition) is 12. The van der Waals surface area contributed by atoms with Gasteiger partial charge in [0.15, 0.2) is 0 Å². The average molecular weight is 976 g/mol. The first-order chi connectivity index (χ1) is 24.9. The zero-order valence-corrected chi connectivity index (χ0v) is 34.5. The van der Waals surface area contributed by atoms with Gasteiger partial charge in [-0.15, -0.1) is 25.2 Å². The van der Waals surface area contributed by atoms with Crippen molar-refractivity contribution in [2.75, 3.05) is 39.3 Å². The minimum atomic E-state index is -5.14. The molecular formula is C18H41F6N6O19P7. The number of nitrogens with zero attached hydrogens (tertiary/aromatic N) is 6. The maximum atomic E-state index is 10.4. The minimum absolute atomic E-state index is 0.902. The second kappa shape index (κ2) is 25.1. The van der Waals surface area contributed by atoms with Crippen LogP contribution in [-0.2, 0) is 27.4 Å². The first-order valence-electron chi connectivity index (χ1n) is 14.6. The van der Waals surface area contributed by atoms with Crippen LogP contribution in [0.15, 0.2) is 24.3 Å². The van der Waals surface area contributed by atoms with Crippen molar-refractivity contribution in [3.8, 4) is 0 Å². The second-order valence-corrected chi connectivity index (χ2v) is 19.4. The van der Waals surface area contributed by atoms with Crippen molar-refractivity contribution in [2.24, 2.45) is 0 Å². The molecule has 1 aromatic carbocycles. The molecule has 1 aromatic heterocycles. The van der Waals surface area contributed by atoms with Crippen molar-refractivity contribution in [3.63, 3.8) is 0 Å². The summed E-state index contributed by atoms with van der Waals surface area (Å²) in [4.78, 5) is 85.3. The molecule has 3 aliphatic rings. The van der Waals surface area contributed by atoms with E-state index in [4.69, 9.17) is 90.7 Å². The SMILES string of the molecule is O=P(O)(O)F.O=P(O)(O)F.O=P(O)(O)F.O=P(O)(O)F.O=P(O)(O)F.O=P(O)(O)F.c1ccc2c(c1)nnn2O[PH](N1CCCC1)(N1CCCC1)N1CCCC1. The Morgan fingerprint density at radius 3 is 0.964 bits per heavy atom. The molecule has 2 aromatic rings. The number of fused-ring (bicyclic) bond motifs is 1. The normalized spacial score (nSPS) is 17.5. The summed E-state index contributed by atoms with van der Waals surface area (Å²) >= 11 is 0. The number of benzene rings is 1. The molecule has 56 heavy (non-hydrogen) atoms. The molecule has 0 unspecified atom stereocenters. The van der Waals surface area contributed by atoms with Gasteiger partial charge in [0.2, 0.25) is 0 Å². The Kier molecular flexibility index (Phi) is 25.7. The molecule has 0 bridgehead atoms. The first kappa shape index (κ1) is 57.3. The van der Waals surface area contributed by atoms with Crippen LogP contribution in [0.25, 0.3) is 11.0 Å². The molecule has 0 atom stereocenters. The molecule has 38 heteroatoms. The van der Waals surface area contributed by atoms with Crippen molar-refractivity contribution in [1.29, 1.82) is 0 Å². The summed E-state index contributed by atoms with van der Waals surface area (Å²) in [6.45, 7) is 6.87. The fourth-order valence-electron chi connectivity index (χ4n) is 4.83. The third-order valence-electron chi connectivity index (χ3n) is 6.08. The van der Waals surface area contributed by atoms with Crippen LogP contribution >= 0.6 is 55.4 Å². The molecule has 3 fully saturated rings. The monoisotopic (exact) mass is 976 g/mol. The van der Waals surface area contributed by atoms with Crippen molar-refractivity contribution >= 4 is 66.4 Å². The zero-order chi connectivity index (χ0) is 44.4. The summed E-state index contributed by atoms with van der Waals surface area (Å²) in [6, 6.07) is 8.11. The number of hydrogen-bond donors (Lipinski definition) is 12. The van der Waals surface area contributed by atoms with Crippen LogP contribution in [0.2, 0.25) is 0 Å². The molecule has 0 amide bonds. The average Bonchev–Trinajstić information content (AvgIpc) is 3.75. The van der Waals surface area contributed by atoms with E-state index in [9.17, 15) is 25.2 Å². The van der Waals surface area contributed by atoms with E-state index in [1.165, 1.54) is 38.5 Å². The molecule has 3 aliphatic heterocycles. The van der Waals surface area contributed by atoms with Crippen molar-refractivity contribution in [3.05, 3.63) is 24.3 Å². The van der Waals surface area contributed by atoms with Crippen LogP contribution in [0.4, 0.5) is 25.2 Å². The van der Waals surface area contributed by atoms with Gasteiger partial charge < -0.3 is 0 Å². The molecule has 0 spiro atoms. The van der Waals surface area contributed by atoms with Crippen LogP contribution in [0.1, 0.15) is 38.5 Å². The molecule has 12 N–H and O–H groups in total. The van der Waals surface area contributed by atoms with Crippen LogP contribution in [0.5, 0.6) is 0 Å². The van der Waals surface area contributed by atoms with Gasteiger partial charge in [-0.25, -0.2) is 27.4 Å². The maximum absolute atomic E-state index is 10.4. The molecule has 0 radical (unpaired) electrons. The van der Waals surface area contributed by atoms with E-state index < -0.39 is 55.4 Å². The molecule has 4 heterocycles. The van der Waals surface area contributed by atoms with E-state index in [1.54, 1.807) is 4.85 Å². The summed E-state index contributed by atoms with van der Waals surface area (Å²) in [5.41, 5.74) is 1.88. The predicted molar refractivity (Wildman–Crippen MR) is 184 cm³/mol. The summed E-state index contributed by atoms with van der Waals surface area (Å²) in [5.74, 6) is 0. The van der Waals surface area contributed by atoms with Gasteiger partial charge in [-0.1, -0.05) is 0 Å². The van der Waals surface area contributed by atoms with Crippen LogP contribution < -0.4 is 4.62 Å². The van der Waals surface area contributed by atoms with Crippen molar-refractivity contribution in [2.45, 2.75) is 38.5 Å². The van der Waals surface area contributed by atoms with E-state index in [2.05, 4.69) is 30.4 Å². The van der Waals surface area contributed by atoms with Crippen LogP contribution in [-0.4, -0.2) is 127 Å². The topological polar surface area (TPSA) is 395 Å². The third-order valence-corrected chi connectivity index (χ3v) is 10.3. The molecule has 0 saturated carbocycles. The summed E-state index contributed by atoms with van der Waals surface area (Å²) in [5, 5.41) is 8.73. The summed E-state index contributed by atoms with van der Waals surface area (Å²) in [6.07, 6.45) is 7.65. The van der Waals surface area contributed by atoms with Gasteiger partial charge in [-0.2, -0.15) is 0 Å². The summed E-state index contributed by atoms with van der Waals surface area (Å²) < 4.78 is 129. The quantitative estimate of drug-likeness (QED) is 0.151.